The van der Waals surface area contributed by atoms with Crippen molar-refractivity contribution >= 4 is 5.91 Å². The highest BCUT2D eigenvalue weighted by Gasteiger charge is 2.21. The van der Waals surface area contributed by atoms with Crippen LogP contribution in [-0.2, 0) is 4.79 Å². The Hall–Kier alpha value is -0.570. The number of nitrogens with zero attached hydrogens (tertiary/aromatic N) is 1. The summed E-state index contributed by atoms with van der Waals surface area (Å²) >= 11 is 0. The van der Waals surface area contributed by atoms with Crippen LogP contribution in [0, 0.1) is 5.92 Å². The summed E-state index contributed by atoms with van der Waals surface area (Å²) in [6.45, 7) is 4.91. The Bertz CT molecular complexity index is 162. The van der Waals surface area contributed by atoms with Gasteiger partial charge in [0.25, 0.3) is 0 Å². The van der Waals surface area contributed by atoms with E-state index in [-0.39, 0.29) is 5.92 Å². The zero-order valence-electron chi connectivity index (χ0n) is 8.68. The number of amides is 1. The first-order chi connectivity index (χ1) is 6.25. The third-order valence-electron chi connectivity index (χ3n) is 2.78. The number of carbonyl (C=O) groups excluding carboxylic acids is 1. The van der Waals surface area contributed by atoms with Crippen molar-refractivity contribution in [2.45, 2.75) is 26.2 Å². The van der Waals surface area contributed by atoms with Crippen molar-refractivity contribution in [3.8, 4) is 0 Å². The van der Waals surface area contributed by atoms with E-state index in [1.807, 2.05) is 18.9 Å². The van der Waals surface area contributed by atoms with Crippen LogP contribution in [-0.4, -0.2) is 37.5 Å². The Kier molecular flexibility index (Phi) is 4.22. The van der Waals surface area contributed by atoms with Crippen molar-refractivity contribution in [2.24, 2.45) is 5.92 Å². The second-order valence-electron chi connectivity index (χ2n) is 3.73. The van der Waals surface area contributed by atoms with Crippen LogP contribution in [0.25, 0.3) is 0 Å². The van der Waals surface area contributed by atoms with Gasteiger partial charge in [0, 0.05) is 19.5 Å². The van der Waals surface area contributed by atoms with Gasteiger partial charge in [0.05, 0.1) is 0 Å². The van der Waals surface area contributed by atoms with Gasteiger partial charge in [-0.05, 0) is 39.3 Å². The first-order valence-electron chi connectivity index (χ1n) is 5.21. The smallest absolute Gasteiger partial charge is 0.225 e. The molecule has 0 aromatic carbocycles. The summed E-state index contributed by atoms with van der Waals surface area (Å²) in [7, 11) is 1.89. The summed E-state index contributed by atoms with van der Waals surface area (Å²) in [6.07, 6.45) is 3.19. The molecule has 1 aliphatic heterocycles. The van der Waals surface area contributed by atoms with Crippen molar-refractivity contribution in [3.63, 3.8) is 0 Å². The van der Waals surface area contributed by atoms with Gasteiger partial charge in [-0.1, -0.05) is 0 Å². The van der Waals surface area contributed by atoms with Crippen LogP contribution in [0.2, 0.25) is 0 Å². The average Bonchev–Trinajstić information content (AvgIpc) is 2.43. The monoisotopic (exact) mass is 184 g/mol. The largest absolute Gasteiger partial charge is 0.346 e. The number of hydrogen-bond donors (Lipinski definition) is 1. The Morgan fingerprint density at radius 3 is 2.92 bits per heavy atom. The summed E-state index contributed by atoms with van der Waals surface area (Å²) in [5, 5.41) is 3.32. The Balaban J connectivity index is 2.43. The average molecular weight is 184 g/mol. The molecule has 13 heavy (non-hydrogen) atoms. The summed E-state index contributed by atoms with van der Waals surface area (Å²) < 4.78 is 0. The highest BCUT2D eigenvalue weighted by Crippen LogP contribution is 2.15. The van der Waals surface area contributed by atoms with Crippen LogP contribution in [0.3, 0.4) is 0 Å². The van der Waals surface area contributed by atoms with E-state index < -0.39 is 0 Å². The fraction of sp³-hybridized carbons (Fsp3) is 0.900. The van der Waals surface area contributed by atoms with Gasteiger partial charge in [-0.25, -0.2) is 0 Å². The SMILES string of the molecule is CCN(C)C(=O)C1CCCNCC1. The molecule has 76 valence electrons. The molecule has 1 rings (SSSR count). The molecule has 0 spiro atoms. The van der Waals surface area contributed by atoms with Crippen molar-refractivity contribution in [2.75, 3.05) is 26.7 Å². The molecule has 1 saturated heterocycles. The van der Waals surface area contributed by atoms with Gasteiger partial charge in [-0.3, -0.25) is 4.79 Å². The molecule has 1 aliphatic rings. The van der Waals surface area contributed by atoms with Crippen LogP contribution in [0.15, 0.2) is 0 Å². The lowest BCUT2D eigenvalue weighted by atomic mass is 9.99. The van der Waals surface area contributed by atoms with Crippen LogP contribution in [0.5, 0.6) is 0 Å². The molecule has 0 aromatic heterocycles. The Labute approximate surface area is 80.5 Å². The first kappa shape index (κ1) is 10.5. The molecule has 0 aliphatic carbocycles. The molecule has 1 fully saturated rings. The predicted molar refractivity (Wildman–Crippen MR) is 53.5 cm³/mol. The van der Waals surface area contributed by atoms with Gasteiger partial charge in [-0.15, -0.1) is 0 Å². The molecular weight excluding hydrogens is 164 g/mol. The molecule has 0 saturated carbocycles. The Morgan fingerprint density at radius 1 is 1.46 bits per heavy atom. The molecule has 3 heteroatoms. The van der Waals surface area contributed by atoms with Crippen molar-refractivity contribution < 1.29 is 4.79 Å². The lowest BCUT2D eigenvalue weighted by Gasteiger charge is -2.20. The van der Waals surface area contributed by atoms with E-state index in [2.05, 4.69) is 5.32 Å². The fourth-order valence-corrected chi connectivity index (χ4v) is 1.73. The normalized spacial score (nSPS) is 23.7. The van der Waals surface area contributed by atoms with Gasteiger partial charge < -0.3 is 10.2 Å². The maximum absolute atomic E-state index is 11.8. The fourth-order valence-electron chi connectivity index (χ4n) is 1.73. The van der Waals surface area contributed by atoms with E-state index in [0.29, 0.717) is 5.91 Å². The molecule has 1 unspecified atom stereocenters. The van der Waals surface area contributed by atoms with Crippen LogP contribution < -0.4 is 5.32 Å². The summed E-state index contributed by atoms with van der Waals surface area (Å²) in [5.41, 5.74) is 0. The van der Waals surface area contributed by atoms with Crippen molar-refractivity contribution in [3.05, 3.63) is 0 Å². The minimum Gasteiger partial charge on any atom is -0.346 e. The third-order valence-corrected chi connectivity index (χ3v) is 2.78. The Morgan fingerprint density at radius 2 is 2.23 bits per heavy atom. The minimum atomic E-state index is 0.264. The lowest BCUT2D eigenvalue weighted by Crippen LogP contribution is -2.33. The van der Waals surface area contributed by atoms with Crippen LogP contribution >= 0.6 is 0 Å². The topological polar surface area (TPSA) is 32.3 Å². The number of rotatable bonds is 2. The summed E-state index contributed by atoms with van der Waals surface area (Å²) in [5.74, 6) is 0.589. The lowest BCUT2D eigenvalue weighted by molar-refractivity contribution is -0.134. The molecule has 1 amide bonds. The number of hydrogen-bond acceptors (Lipinski definition) is 2. The van der Waals surface area contributed by atoms with Gasteiger partial charge in [0.2, 0.25) is 5.91 Å². The zero-order valence-corrected chi connectivity index (χ0v) is 8.68. The molecule has 0 aromatic rings. The second-order valence-corrected chi connectivity index (χ2v) is 3.73. The van der Waals surface area contributed by atoms with Gasteiger partial charge in [0.15, 0.2) is 0 Å². The van der Waals surface area contributed by atoms with Gasteiger partial charge in [-0.2, -0.15) is 0 Å². The molecule has 1 atom stereocenters. The molecule has 0 bridgehead atoms. The molecule has 1 N–H and O–H groups in total. The molecular formula is C10H20N2O. The van der Waals surface area contributed by atoms with Gasteiger partial charge >= 0.3 is 0 Å². The molecule has 3 nitrogen and oxygen atoms in total. The van der Waals surface area contributed by atoms with Crippen molar-refractivity contribution in [1.82, 2.24) is 10.2 Å². The standard InChI is InChI=1S/C10H20N2O/c1-3-12(2)10(13)9-5-4-7-11-8-6-9/h9,11H,3-8H2,1-2H3. The minimum absolute atomic E-state index is 0.264. The number of carbonyl (C=O) groups is 1. The van der Waals surface area contributed by atoms with Crippen LogP contribution in [0.4, 0.5) is 0 Å². The molecule has 1 heterocycles. The van der Waals surface area contributed by atoms with Crippen LogP contribution in [0.1, 0.15) is 26.2 Å². The quantitative estimate of drug-likeness (QED) is 0.690. The number of nitrogens with one attached hydrogen (secondary N) is 1. The predicted octanol–water partition coefficient (Wildman–Crippen LogP) is 0.854. The highest BCUT2D eigenvalue weighted by atomic mass is 16.2. The summed E-state index contributed by atoms with van der Waals surface area (Å²) in [4.78, 5) is 13.6. The van der Waals surface area contributed by atoms with E-state index >= 15 is 0 Å². The van der Waals surface area contributed by atoms with Crippen molar-refractivity contribution in [1.29, 1.82) is 0 Å². The van der Waals surface area contributed by atoms with E-state index in [0.717, 1.165) is 38.9 Å². The van der Waals surface area contributed by atoms with E-state index in [9.17, 15) is 4.79 Å². The maximum atomic E-state index is 11.8. The maximum Gasteiger partial charge on any atom is 0.225 e. The highest BCUT2D eigenvalue weighted by molar-refractivity contribution is 5.78. The van der Waals surface area contributed by atoms with E-state index in [4.69, 9.17) is 0 Å². The molecule has 0 radical (unpaired) electrons. The summed E-state index contributed by atoms with van der Waals surface area (Å²) in [6, 6.07) is 0. The zero-order chi connectivity index (χ0) is 9.68. The van der Waals surface area contributed by atoms with E-state index in [1.54, 1.807) is 0 Å². The van der Waals surface area contributed by atoms with Gasteiger partial charge in [0.1, 0.15) is 0 Å². The first-order valence-corrected chi connectivity index (χ1v) is 5.21. The third kappa shape index (κ3) is 2.99. The second kappa shape index (κ2) is 5.22. The van der Waals surface area contributed by atoms with E-state index in [1.165, 1.54) is 0 Å².